The van der Waals surface area contributed by atoms with Gasteiger partial charge in [0, 0.05) is 19.4 Å². The van der Waals surface area contributed by atoms with Gasteiger partial charge in [-0.3, -0.25) is 4.57 Å². The zero-order valence-corrected chi connectivity index (χ0v) is 7.30. The van der Waals surface area contributed by atoms with Crippen LogP contribution in [0.1, 0.15) is 19.8 Å². The largest absolute Gasteiger partial charge is 0.381 e. The third-order valence-corrected chi connectivity index (χ3v) is 1.81. The van der Waals surface area contributed by atoms with Crippen LogP contribution in [0.4, 0.5) is 0 Å². The molecular formula is C6H15O3P. The van der Waals surface area contributed by atoms with Crippen molar-refractivity contribution >= 4 is 8.03 Å². The van der Waals surface area contributed by atoms with Gasteiger partial charge in [-0.05, 0) is 12.8 Å². The third kappa shape index (κ3) is 8.15. The van der Waals surface area contributed by atoms with E-state index < -0.39 is 8.03 Å². The Morgan fingerprint density at radius 2 is 2.20 bits per heavy atom. The topological polar surface area (TPSA) is 46.5 Å². The summed E-state index contributed by atoms with van der Waals surface area (Å²) in [5, 5.41) is 0. The number of ether oxygens (including phenoxy) is 1. The Labute approximate surface area is 62.3 Å². The van der Waals surface area contributed by atoms with E-state index in [1.165, 1.54) is 0 Å². The van der Waals surface area contributed by atoms with E-state index in [1.807, 2.05) is 6.92 Å². The van der Waals surface area contributed by atoms with E-state index in [1.54, 1.807) is 0 Å². The molecule has 0 saturated carbocycles. The number of hydrogen-bond acceptors (Lipinski definition) is 2. The van der Waals surface area contributed by atoms with Crippen molar-refractivity contribution in [1.82, 2.24) is 0 Å². The molecule has 10 heavy (non-hydrogen) atoms. The minimum Gasteiger partial charge on any atom is -0.381 e. The summed E-state index contributed by atoms with van der Waals surface area (Å²) >= 11 is 0. The first-order valence-corrected chi connectivity index (χ1v) is 5.13. The zero-order chi connectivity index (χ0) is 7.82. The lowest BCUT2D eigenvalue weighted by Gasteiger charge is -1.99. The Hall–Kier alpha value is 0.150. The molecule has 1 N–H and O–H groups in total. The smallest absolute Gasteiger partial charge is 0.189 e. The van der Waals surface area contributed by atoms with Crippen LogP contribution in [0.5, 0.6) is 0 Å². The van der Waals surface area contributed by atoms with Crippen molar-refractivity contribution < 1.29 is 14.2 Å². The molecule has 0 bridgehead atoms. The molecule has 0 heterocycles. The Morgan fingerprint density at radius 3 is 2.70 bits per heavy atom. The average molecular weight is 166 g/mol. The molecule has 0 fully saturated rings. The summed E-state index contributed by atoms with van der Waals surface area (Å²) in [5.41, 5.74) is 0. The van der Waals surface area contributed by atoms with Gasteiger partial charge < -0.3 is 9.63 Å². The first-order chi connectivity index (χ1) is 4.77. The number of hydrogen-bond donors (Lipinski definition) is 1. The van der Waals surface area contributed by atoms with Crippen LogP contribution in [-0.4, -0.2) is 24.3 Å². The quantitative estimate of drug-likeness (QED) is 0.477. The van der Waals surface area contributed by atoms with Gasteiger partial charge >= 0.3 is 0 Å². The summed E-state index contributed by atoms with van der Waals surface area (Å²) in [4.78, 5) is 8.40. The fraction of sp³-hybridized carbons (Fsp3) is 1.00. The van der Waals surface area contributed by atoms with Crippen LogP contribution >= 0.6 is 8.03 Å². The van der Waals surface area contributed by atoms with E-state index >= 15 is 0 Å². The Bertz CT molecular complexity index is 95.0. The summed E-state index contributed by atoms with van der Waals surface area (Å²) in [5.74, 6) is 0. The standard InChI is InChI=1S/C6H15O3P/c1-2-4-9-5-3-6-10(7)8/h10H,2-6H2,1H3,(H,7,8). The van der Waals surface area contributed by atoms with Gasteiger partial charge in [0.15, 0.2) is 8.03 Å². The van der Waals surface area contributed by atoms with Gasteiger partial charge in [0.05, 0.1) is 0 Å². The molecule has 0 rings (SSSR count). The molecule has 4 heteroatoms. The SMILES string of the molecule is CCCOCCC[PH](=O)O. The van der Waals surface area contributed by atoms with Crippen molar-refractivity contribution in [2.45, 2.75) is 19.8 Å². The van der Waals surface area contributed by atoms with Gasteiger partial charge in [0.25, 0.3) is 0 Å². The van der Waals surface area contributed by atoms with Gasteiger partial charge in [0.1, 0.15) is 0 Å². The van der Waals surface area contributed by atoms with E-state index in [0.717, 1.165) is 13.0 Å². The second-order valence-electron chi connectivity index (χ2n) is 2.11. The van der Waals surface area contributed by atoms with Crippen LogP contribution in [0.3, 0.4) is 0 Å². The minimum atomic E-state index is -2.25. The zero-order valence-electron chi connectivity index (χ0n) is 6.30. The summed E-state index contributed by atoms with van der Waals surface area (Å²) < 4.78 is 15.3. The molecule has 0 amide bonds. The highest BCUT2D eigenvalue weighted by atomic mass is 31.1. The normalized spacial score (nSPS) is 13.4. The first kappa shape index (κ1) is 10.2. The number of rotatable bonds is 6. The van der Waals surface area contributed by atoms with E-state index in [2.05, 4.69) is 0 Å². The average Bonchev–Trinajstić information content (AvgIpc) is 1.87. The van der Waals surface area contributed by atoms with Crippen LogP contribution in [0.15, 0.2) is 0 Å². The van der Waals surface area contributed by atoms with E-state index in [0.29, 0.717) is 19.2 Å². The predicted octanol–water partition coefficient (Wildman–Crippen LogP) is 1.27. The van der Waals surface area contributed by atoms with Gasteiger partial charge in [-0.2, -0.15) is 0 Å². The monoisotopic (exact) mass is 166 g/mol. The molecule has 0 aliphatic heterocycles. The summed E-state index contributed by atoms with van der Waals surface area (Å²) in [6, 6.07) is 0. The van der Waals surface area contributed by atoms with Crippen molar-refractivity contribution in [1.29, 1.82) is 0 Å². The first-order valence-electron chi connectivity index (χ1n) is 3.57. The second-order valence-corrected chi connectivity index (χ2v) is 3.40. The fourth-order valence-electron chi connectivity index (χ4n) is 0.572. The molecule has 0 aromatic heterocycles. The van der Waals surface area contributed by atoms with Crippen LogP contribution in [0, 0.1) is 0 Å². The molecule has 0 radical (unpaired) electrons. The van der Waals surface area contributed by atoms with E-state index in [4.69, 9.17) is 9.63 Å². The van der Waals surface area contributed by atoms with Crippen LogP contribution in [-0.2, 0) is 9.30 Å². The molecule has 62 valence electrons. The summed E-state index contributed by atoms with van der Waals surface area (Å²) in [6.07, 6.45) is 2.11. The Kier molecular flexibility index (Phi) is 7.37. The second kappa shape index (κ2) is 7.26. The third-order valence-electron chi connectivity index (χ3n) is 1.03. The minimum absolute atomic E-state index is 0.397. The molecule has 0 aliphatic carbocycles. The van der Waals surface area contributed by atoms with Crippen LogP contribution < -0.4 is 0 Å². The van der Waals surface area contributed by atoms with Crippen LogP contribution in [0.25, 0.3) is 0 Å². The predicted molar refractivity (Wildman–Crippen MR) is 41.8 cm³/mol. The van der Waals surface area contributed by atoms with Gasteiger partial charge in [-0.15, -0.1) is 0 Å². The van der Waals surface area contributed by atoms with Crippen molar-refractivity contribution in [2.75, 3.05) is 19.4 Å². The molecule has 1 atom stereocenters. The maximum Gasteiger partial charge on any atom is 0.189 e. The van der Waals surface area contributed by atoms with E-state index in [-0.39, 0.29) is 0 Å². The molecule has 3 nitrogen and oxygen atoms in total. The maximum atomic E-state index is 10.2. The lowest BCUT2D eigenvalue weighted by Crippen LogP contribution is -1.96. The van der Waals surface area contributed by atoms with Crippen molar-refractivity contribution in [3.05, 3.63) is 0 Å². The van der Waals surface area contributed by atoms with Crippen LogP contribution in [0.2, 0.25) is 0 Å². The van der Waals surface area contributed by atoms with Crippen molar-refractivity contribution in [3.63, 3.8) is 0 Å². The Balaban J connectivity index is 2.84. The summed E-state index contributed by atoms with van der Waals surface area (Å²) in [6.45, 7) is 3.41. The molecule has 0 spiro atoms. The van der Waals surface area contributed by atoms with Gasteiger partial charge in [-0.1, -0.05) is 6.92 Å². The highest BCUT2D eigenvalue weighted by Gasteiger charge is 1.91. The highest BCUT2D eigenvalue weighted by molar-refractivity contribution is 7.37. The molecule has 0 aromatic carbocycles. The lowest BCUT2D eigenvalue weighted by molar-refractivity contribution is 0.135. The molecule has 1 unspecified atom stereocenters. The summed E-state index contributed by atoms with van der Waals surface area (Å²) in [7, 11) is -2.25. The highest BCUT2D eigenvalue weighted by Crippen LogP contribution is 2.13. The molecule has 0 aliphatic rings. The maximum absolute atomic E-state index is 10.2. The molecule has 0 saturated heterocycles. The van der Waals surface area contributed by atoms with Crippen molar-refractivity contribution in [3.8, 4) is 0 Å². The lowest BCUT2D eigenvalue weighted by atomic mass is 10.5. The van der Waals surface area contributed by atoms with Gasteiger partial charge in [0.2, 0.25) is 0 Å². The van der Waals surface area contributed by atoms with Crippen molar-refractivity contribution in [2.24, 2.45) is 0 Å². The van der Waals surface area contributed by atoms with Gasteiger partial charge in [-0.25, -0.2) is 0 Å². The fourth-order valence-corrected chi connectivity index (χ4v) is 1.02. The molecule has 0 aromatic rings. The Morgan fingerprint density at radius 1 is 1.50 bits per heavy atom. The molecular weight excluding hydrogens is 151 g/mol. The van der Waals surface area contributed by atoms with E-state index in [9.17, 15) is 4.57 Å².